The molecule has 1 aromatic rings. The van der Waals surface area contributed by atoms with E-state index in [1.807, 2.05) is 0 Å². The largest absolute Gasteiger partial charge is 0.330 e. The van der Waals surface area contributed by atoms with Crippen LogP contribution in [0.1, 0.15) is 44.1 Å². The number of anilines is 1. The van der Waals surface area contributed by atoms with Crippen molar-refractivity contribution < 1.29 is 13.2 Å². The van der Waals surface area contributed by atoms with Crippen LogP contribution >= 0.6 is 0 Å². The smallest absolute Gasteiger partial charge is 0.240 e. The molecule has 24 heavy (non-hydrogen) atoms. The van der Waals surface area contributed by atoms with Crippen molar-refractivity contribution in [2.45, 2.75) is 50.3 Å². The lowest BCUT2D eigenvalue weighted by molar-refractivity contribution is -0.118. The minimum atomic E-state index is -3.55. The molecule has 1 aliphatic carbocycles. The summed E-state index contributed by atoms with van der Waals surface area (Å²) < 4.78 is 26.4. The van der Waals surface area contributed by atoms with Gasteiger partial charge < -0.3 is 11.1 Å². The molecule has 0 spiro atoms. The van der Waals surface area contributed by atoms with Crippen LogP contribution in [0, 0.1) is 12.3 Å². The van der Waals surface area contributed by atoms with Crippen molar-refractivity contribution >= 4 is 21.6 Å². The summed E-state index contributed by atoms with van der Waals surface area (Å²) in [6.07, 6.45) is 5.76. The van der Waals surface area contributed by atoms with Gasteiger partial charge in [0.1, 0.15) is 0 Å². The fourth-order valence-electron chi connectivity index (χ4n) is 3.44. The van der Waals surface area contributed by atoms with Gasteiger partial charge in [0.2, 0.25) is 15.9 Å². The van der Waals surface area contributed by atoms with Crippen LogP contribution in [0.3, 0.4) is 0 Å². The lowest BCUT2D eigenvalue weighted by Gasteiger charge is -2.35. The number of nitrogens with one attached hydrogen (secondary N) is 2. The molecule has 0 aromatic heterocycles. The van der Waals surface area contributed by atoms with Gasteiger partial charge in [0.05, 0.1) is 4.90 Å². The van der Waals surface area contributed by atoms with E-state index < -0.39 is 10.0 Å². The van der Waals surface area contributed by atoms with E-state index in [1.165, 1.54) is 19.5 Å². The number of sulfonamides is 1. The van der Waals surface area contributed by atoms with Gasteiger partial charge in [0.15, 0.2) is 0 Å². The minimum absolute atomic E-state index is 0.107. The monoisotopic (exact) mass is 353 g/mol. The van der Waals surface area contributed by atoms with E-state index in [9.17, 15) is 13.2 Å². The van der Waals surface area contributed by atoms with E-state index in [0.29, 0.717) is 24.2 Å². The molecule has 1 aliphatic rings. The standard InChI is InChI=1S/C17H27N3O3S/c1-13-14(7-6-8-15(13)24(22,23)19-2)20-16(21)11-17(12-18)9-4-3-5-10-17/h6-8,19H,3-5,9-12,18H2,1-2H3,(H,20,21). The van der Waals surface area contributed by atoms with E-state index in [0.717, 1.165) is 25.7 Å². The first-order chi connectivity index (χ1) is 11.3. The zero-order valence-electron chi connectivity index (χ0n) is 14.4. The van der Waals surface area contributed by atoms with Crippen LogP contribution in [0.2, 0.25) is 0 Å². The third kappa shape index (κ3) is 4.15. The van der Waals surface area contributed by atoms with Crippen LogP contribution in [-0.4, -0.2) is 27.9 Å². The van der Waals surface area contributed by atoms with Gasteiger partial charge in [0.25, 0.3) is 0 Å². The maximum absolute atomic E-state index is 12.5. The van der Waals surface area contributed by atoms with E-state index in [-0.39, 0.29) is 16.2 Å². The average Bonchev–Trinajstić information content (AvgIpc) is 2.57. The van der Waals surface area contributed by atoms with Crippen molar-refractivity contribution in [2.24, 2.45) is 11.1 Å². The summed E-state index contributed by atoms with van der Waals surface area (Å²) >= 11 is 0. The normalized spacial score (nSPS) is 17.5. The summed E-state index contributed by atoms with van der Waals surface area (Å²) in [5, 5.41) is 2.87. The Morgan fingerprint density at radius 3 is 2.50 bits per heavy atom. The molecular weight excluding hydrogens is 326 g/mol. The first-order valence-corrected chi connectivity index (χ1v) is 9.85. The highest BCUT2D eigenvalue weighted by Gasteiger charge is 2.33. The van der Waals surface area contributed by atoms with E-state index in [2.05, 4.69) is 10.0 Å². The third-order valence-electron chi connectivity index (χ3n) is 5.00. The van der Waals surface area contributed by atoms with Crippen LogP contribution in [-0.2, 0) is 14.8 Å². The summed E-state index contributed by atoms with van der Waals surface area (Å²) in [5.41, 5.74) is 6.88. The first-order valence-electron chi connectivity index (χ1n) is 8.37. The fourth-order valence-corrected chi connectivity index (χ4v) is 4.43. The Morgan fingerprint density at radius 2 is 1.92 bits per heavy atom. The summed E-state index contributed by atoms with van der Waals surface area (Å²) in [6.45, 7) is 2.20. The molecule has 1 aromatic carbocycles. The summed E-state index contributed by atoms with van der Waals surface area (Å²) in [5.74, 6) is -0.107. The lowest BCUT2D eigenvalue weighted by atomic mass is 9.71. The second kappa shape index (κ2) is 7.63. The highest BCUT2D eigenvalue weighted by molar-refractivity contribution is 7.89. The van der Waals surface area contributed by atoms with Gasteiger partial charge in [0, 0.05) is 12.1 Å². The number of amides is 1. The van der Waals surface area contributed by atoms with Crippen molar-refractivity contribution in [3.63, 3.8) is 0 Å². The fraction of sp³-hybridized carbons (Fsp3) is 0.588. The molecule has 0 bridgehead atoms. The molecule has 4 N–H and O–H groups in total. The van der Waals surface area contributed by atoms with Crippen molar-refractivity contribution in [2.75, 3.05) is 18.9 Å². The van der Waals surface area contributed by atoms with Crippen molar-refractivity contribution in [3.05, 3.63) is 23.8 Å². The van der Waals surface area contributed by atoms with Gasteiger partial charge in [-0.05, 0) is 56.5 Å². The maximum Gasteiger partial charge on any atom is 0.240 e. The quantitative estimate of drug-likeness (QED) is 0.729. The number of rotatable bonds is 6. The molecule has 0 aliphatic heterocycles. The van der Waals surface area contributed by atoms with Gasteiger partial charge >= 0.3 is 0 Å². The Balaban J connectivity index is 2.16. The molecule has 0 radical (unpaired) electrons. The summed E-state index contributed by atoms with van der Waals surface area (Å²) in [4.78, 5) is 12.7. The third-order valence-corrected chi connectivity index (χ3v) is 6.56. The lowest BCUT2D eigenvalue weighted by Crippen LogP contribution is -2.36. The predicted molar refractivity (Wildman–Crippen MR) is 95.2 cm³/mol. The summed E-state index contributed by atoms with van der Waals surface area (Å²) in [7, 11) is -2.18. The van der Waals surface area contributed by atoms with Crippen LogP contribution in [0.5, 0.6) is 0 Å². The van der Waals surface area contributed by atoms with Crippen molar-refractivity contribution in [1.29, 1.82) is 0 Å². The number of carbonyl (C=O) groups is 1. The van der Waals surface area contributed by atoms with Gasteiger partial charge in [-0.25, -0.2) is 13.1 Å². The maximum atomic E-state index is 12.5. The number of hydrogen-bond acceptors (Lipinski definition) is 4. The average molecular weight is 353 g/mol. The molecule has 0 heterocycles. The van der Waals surface area contributed by atoms with Crippen molar-refractivity contribution in [3.8, 4) is 0 Å². The second-order valence-corrected chi connectivity index (χ2v) is 8.48. The van der Waals surface area contributed by atoms with Crippen LogP contribution < -0.4 is 15.8 Å². The molecule has 0 unspecified atom stereocenters. The molecule has 1 fully saturated rings. The number of hydrogen-bond donors (Lipinski definition) is 3. The molecule has 7 heteroatoms. The Hall–Kier alpha value is -1.44. The second-order valence-electron chi connectivity index (χ2n) is 6.63. The van der Waals surface area contributed by atoms with E-state index in [1.54, 1.807) is 19.1 Å². The molecule has 2 rings (SSSR count). The van der Waals surface area contributed by atoms with Gasteiger partial charge in [-0.3, -0.25) is 4.79 Å². The summed E-state index contributed by atoms with van der Waals surface area (Å²) in [6, 6.07) is 4.88. The SMILES string of the molecule is CNS(=O)(=O)c1cccc(NC(=O)CC2(CN)CCCCC2)c1C. The Kier molecular flexibility index (Phi) is 6.01. The first kappa shape index (κ1) is 18.9. The molecule has 1 amide bonds. The Labute approximate surface area is 144 Å². The number of carbonyl (C=O) groups excluding carboxylic acids is 1. The molecule has 6 nitrogen and oxygen atoms in total. The highest BCUT2D eigenvalue weighted by atomic mass is 32.2. The van der Waals surface area contributed by atoms with Gasteiger partial charge in [-0.1, -0.05) is 25.3 Å². The van der Waals surface area contributed by atoms with Gasteiger partial charge in [-0.2, -0.15) is 0 Å². The van der Waals surface area contributed by atoms with E-state index in [4.69, 9.17) is 5.73 Å². The van der Waals surface area contributed by atoms with Crippen LogP contribution in [0.15, 0.2) is 23.1 Å². The highest BCUT2D eigenvalue weighted by Crippen LogP contribution is 2.38. The molecular formula is C17H27N3O3S. The topological polar surface area (TPSA) is 101 Å². The predicted octanol–water partition coefficient (Wildman–Crippen LogP) is 2.14. The number of nitrogens with two attached hydrogens (primary N) is 1. The minimum Gasteiger partial charge on any atom is -0.330 e. The molecule has 0 saturated heterocycles. The van der Waals surface area contributed by atoms with Crippen molar-refractivity contribution in [1.82, 2.24) is 4.72 Å². The Morgan fingerprint density at radius 1 is 1.25 bits per heavy atom. The zero-order chi connectivity index (χ0) is 17.8. The number of benzene rings is 1. The molecule has 134 valence electrons. The van der Waals surface area contributed by atoms with E-state index >= 15 is 0 Å². The van der Waals surface area contributed by atoms with Crippen LogP contribution in [0.25, 0.3) is 0 Å². The molecule has 1 saturated carbocycles. The zero-order valence-corrected chi connectivity index (χ0v) is 15.2. The Bertz CT molecular complexity index is 695. The molecule has 0 atom stereocenters. The van der Waals surface area contributed by atoms with Gasteiger partial charge in [-0.15, -0.1) is 0 Å². The van der Waals surface area contributed by atoms with Crippen LogP contribution in [0.4, 0.5) is 5.69 Å².